The van der Waals surface area contributed by atoms with Crippen LogP contribution in [-0.4, -0.2) is 136 Å². The van der Waals surface area contributed by atoms with Gasteiger partial charge in [-0.25, -0.2) is 0 Å². The second-order valence-electron chi connectivity index (χ2n) is 20.3. The fourth-order valence-electron chi connectivity index (χ4n) is 10.3. The predicted molar refractivity (Wildman–Crippen MR) is 242 cm³/mol. The van der Waals surface area contributed by atoms with Gasteiger partial charge in [-0.3, -0.25) is 38.4 Å². The lowest BCUT2D eigenvalue weighted by atomic mass is 9.74. The fourth-order valence-corrected chi connectivity index (χ4v) is 10.3. The molecule has 0 aromatic rings. The minimum absolute atomic E-state index is 0.0592. The Morgan fingerprint density at radius 1 is 0.348 bits per heavy atom. The maximum Gasteiger partial charge on any atom is 0.309 e. The van der Waals surface area contributed by atoms with E-state index in [-0.39, 0.29) is 69.4 Å². The molecule has 0 bridgehead atoms. The molecule has 12 unspecified atom stereocenters. The van der Waals surface area contributed by atoms with Crippen LogP contribution < -0.4 is 0 Å². The molecule has 0 aromatic heterocycles. The van der Waals surface area contributed by atoms with Crippen LogP contribution in [0.4, 0.5) is 0 Å². The van der Waals surface area contributed by atoms with Crippen LogP contribution in [0.1, 0.15) is 118 Å². The Kier molecular flexibility index (Phi) is 23.6. The fraction of sp³-hybridized carbons (Fsp3) is 0.840. The molecule has 19 heteroatoms. The van der Waals surface area contributed by atoms with Gasteiger partial charge in [0.15, 0.2) is 0 Å². The summed E-state index contributed by atoms with van der Waals surface area (Å²) in [6.07, 6.45) is 5.23. The van der Waals surface area contributed by atoms with Crippen molar-refractivity contribution < 1.29 is 91.6 Å². The van der Waals surface area contributed by atoms with Crippen molar-refractivity contribution in [1.82, 2.24) is 0 Å². The zero-order valence-electron chi connectivity index (χ0n) is 41.3. The Balaban J connectivity index is 1.73. The number of ether oxygens (including phenoxy) is 8. The van der Waals surface area contributed by atoms with Crippen LogP contribution in [0.15, 0.2) is 0 Å². The third kappa shape index (κ3) is 16.9. The number of hydrogen-bond donors (Lipinski definition) is 3. The van der Waals surface area contributed by atoms with Crippen LogP contribution in [0.2, 0.25) is 0 Å². The topological polar surface area (TPSA) is 271 Å². The molecule has 4 aliphatic rings. The minimum atomic E-state index is -1.84. The zero-order valence-corrected chi connectivity index (χ0v) is 41.3. The Hall–Kier alpha value is -4.36. The van der Waals surface area contributed by atoms with E-state index in [9.17, 15) is 53.7 Å². The normalized spacial score (nSPS) is 30.0. The molecule has 0 amide bonds. The second-order valence-corrected chi connectivity index (χ2v) is 20.3. The molecule has 19 nitrogen and oxygen atoms in total. The monoisotopic (exact) mass is 983 g/mol. The molecule has 12 atom stereocenters. The lowest BCUT2D eigenvalue weighted by Gasteiger charge is -2.37. The maximum atomic E-state index is 14.2. The molecule has 0 spiro atoms. The van der Waals surface area contributed by atoms with Crippen LogP contribution in [0, 0.1) is 76.4 Å². The van der Waals surface area contributed by atoms with Crippen LogP contribution in [0.3, 0.4) is 0 Å². The third-order valence-electron chi connectivity index (χ3n) is 14.4. The summed E-state index contributed by atoms with van der Waals surface area (Å²) in [5.74, 6) is -13.0. The molecular weight excluding hydrogens is 905 g/mol. The van der Waals surface area contributed by atoms with Gasteiger partial charge in [0.1, 0.15) is 51.7 Å². The van der Waals surface area contributed by atoms with E-state index in [1.165, 1.54) is 0 Å². The zero-order chi connectivity index (χ0) is 50.7. The van der Waals surface area contributed by atoms with Crippen molar-refractivity contribution in [3.8, 4) is 0 Å². The summed E-state index contributed by atoms with van der Waals surface area (Å²) in [5, 5.41) is 28.0. The van der Waals surface area contributed by atoms with E-state index >= 15 is 0 Å². The Morgan fingerprint density at radius 2 is 0.565 bits per heavy atom. The van der Waals surface area contributed by atoms with Gasteiger partial charge in [0.05, 0.1) is 73.8 Å². The first-order chi connectivity index (χ1) is 33.0. The van der Waals surface area contributed by atoms with Crippen molar-refractivity contribution in [3.63, 3.8) is 0 Å². The van der Waals surface area contributed by atoms with E-state index < -0.39 is 147 Å². The van der Waals surface area contributed by atoms with Crippen molar-refractivity contribution >= 4 is 47.8 Å². The first kappa shape index (κ1) is 57.2. The Morgan fingerprint density at radius 3 is 0.783 bits per heavy atom. The number of rotatable bonds is 24. The van der Waals surface area contributed by atoms with Gasteiger partial charge in [-0.2, -0.15) is 0 Å². The number of aliphatic hydroxyl groups excluding tert-OH is 3. The molecule has 0 radical (unpaired) electrons. The summed E-state index contributed by atoms with van der Waals surface area (Å²) in [6, 6.07) is 0. The largest absolute Gasteiger partial charge is 0.465 e. The summed E-state index contributed by atoms with van der Waals surface area (Å²) in [7, 11) is 0. The van der Waals surface area contributed by atoms with Crippen LogP contribution in [0.25, 0.3) is 0 Å². The molecule has 4 rings (SSSR count). The second kappa shape index (κ2) is 28.5. The highest BCUT2D eigenvalue weighted by molar-refractivity contribution is 5.85. The summed E-state index contributed by atoms with van der Waals surface area (Å²) in [4.78, 5) is 110. The van der Waals surface area contributed by atoms with Gasteiger partial charge in [0.25, 0.3) is 0 Å². The number of hydrogen-bond acceptors (Lipinski definition) is 19. The van der Waals surface area contributed by atoms with Crippen LogP contribution >= 0.6 is 0 Å². The lowest BCUT2D eigenvalue weighted by Crippen LogP contribution is -2.48. The first-order valence-corrected chi connectivity index (χ1v) is 25.1. The van der Waals surface area contributed by atoms with Crippen molar-refractivity contribution in [3.05, 3.63) is 0 Å². The molecule has 0 saturated heterocycles. The molecule has 3 N–H and O–H groups in total. The van der Waals surface area contributed by atoms with Crippen molar-refractivity contribution in [2.24, 2.45) is 76.4 Å². The first-order valence-electron chi connectivity index (χ1n) is 25.1. The maximum absolute atomic E-state index is 14.2. The average Bonchev–Trinajstić information content (AvgIpc) is 3.34. The van der Waals surface area contributed by atoms with Gasteiger partial charge >= 0.3 is 47.8 Å². The summed E-state index contributed by atoms with van der Waals surface area (Å²) in [6.45, 7) is 5.02. The number of carbonyl (C=O) groups is 8. The molecule has 4 aliphatic carbocycles. The van der Waals surface area contributed by atoms with E-state index in [2.05, 4.69) is 0 Å². The summed E-state index contributed by atoms with van der Waals surface area (Å²) < 4.78 is 45.3. The standard InChI is InChI=1S/C50H78O19/c1-6-18-62-46(58)38-22-30(2)7-11-34(38)42(54)66-26-50(27-67-43(55)35-12-8-31(3)23-39(35)47(59)63-19-15-51,28-68-44(56)36-13-9-32(4)24-40(36)48(60)64-20-16-52)29-69-45(57)37-14-10-33(5)25-41(37)49(61)65-21-17-53/h30-41,51-53H,6-29H2,1-5H3. The van der Waals surface area contributed by atoms with Gasteiger partial charge < -0.3 is 53.2 Å². The van der Waals surface area contributed by atoms with Crippen LogP contribution in [0.5, 0.6) is 0 Å². The quantitative estimate of drug-likeness (QED) is 0.0913. The van der Waals surface area contributed by atoms with Gasteiger partial charge in [0, 0.05) is 0 Å². The summed E-state index contributed by atoms with van der Waals surface area (Å²) in [5.41, 5.74) is -1.84. The Bertz CT molecular complexity index is 1470. The number of aliphatic hydroxyl groups is 3. The smallest absolute Gasteiger partial charge is 0.309 e. The highest BCUT2D eigenvalue weighted by atomic mass is 16.6. The molecule has 0 aliphatic heterocycles. The van der Waals surface area contributed by atoms with Gasteiger partial charge in [-0.05, 0) is 107 Å². The van der Waals surface area contributed by atoms with Gasteiger partial charge in [-0.1, -0.05) is 34.6 Å². The minimum Gasteiger partial charge on any atom is -0.465 e. The number of carbonyl (C=O) groups excluding carboxylic acids is 8. The van der Waals surface area contributed by atoms with E-state index in [0.29, 0.717) is 64.2 Å². The molecule has 392 valence electrons. The highest BCUT2D eigenvalue weighted by Gasteiger charge is 2.48. The average molecular weight is 983 g/mol. The summed E-state index contributed by atoms with van der Waals surface area (Å²) >= 11 is 0. The molecular formula is C50H78O19. The van der Waals surface area contributed by atoms with E-state index in [1.807, 2.05) is 34.6 Å². The van der Waals surface area contributed by atoms with Gasteiger partial charge in [-0.15, -0.1) is 0 Å². The van der Waals surface area contributed by atoms with E-state index in [0.717, 1.165) is 0 Å². The molecule has 4 saturated carbocycles. The van der Waals surface area contributed by atoms with Crippen molar-refractivity contribution in [2.45, 2.75) is 118 Å². The van der Waals surface area contributed by atoms with Crippen molar-refractivity contribution in [2.75, 3.05) is 72.7 Å². The van der Waals surface area contributed by atoms with E-state index in [4.69, 9.17) is 37.9 Å². The molecule has 0 heterocycles. The Labute approximate surface area is 405 Å². The predicted octanol–water partition coefficient (Wildman–Crippen LogP) is 3.91. The number of esters is 8. The highest BCUT2D eigenvalue weighted by Crippen LogP contribution is 2.40. The molecule has 69 heavy (non-hydrogen) atoms. The third-order valence-corrected chi connectivity index (χ3v) is 14.4. The van der Waals surface area contributed by atoms with Crippen molar-refractivity contribution in [1.29, 1.82) is 0 Å². The molecule has 4 fully saturated rings. The SMILES string of the molecule is CCCOC(=O)C1CC(C)CCC1C(=O)OCC(COC(=O)C1CCC(C)CC1C(=O)OCCO)(COC(=O)C1CCC(C)CC1C(=O)OCCO)COC(=O)C1CCC(C)CC1C(=O)OCCO. The van der Waals surface area contributed by atoms with Crippen LogP contribution in [-0.2, 0) is 76.3 Å². The molecule has 0 aromatic carbocycles. The van der Waals surface area contributed by atoms with E-state index in [1.54, 1.807) is 0 Å². The van der Waals surface area contributed by atoms with Gasteiger partial charge in [0.2, 0.25) is 0 Å². The lowest BCUT2D eigenvalue weighted by molar-refractivity contribution is -0.185.